The number of aromatic nitrogens is 2. The third-order valence-corrected chi connectivity index (χ3v) is 3.00. The molecule has 0 saturated heterocycles. The van der Waals surface area contributed by atoms with Crippen molar-refractivity contribution in [1.82, 2.24) is 9.78 Å². The fraction of sp³-hybridized carbons (Fsp3) is 0.357. The van der Waals surface area contributed by atoms with E-state index in [-0.39, 0.29) is 0 Å². The highest BCUT2D eigenvalue weighted by Crippen LogP contribution is 2.17. The SMILES string of the molecule is Cc1cc(C)c(CNc2ccn(C)n2)c(C)c1. The van der Waals surface area contributed by atoms with Gasteiger partial charge in [0.05, 0.1) is 0 Å². The summed E-state index contributed by atoms with van der Waals surface area (Å²) in [4.78, 5) is 0. The van der Waals surface area contributed by atoms with Gasteiger partial charge in [0.25, 0.3) is 0 Å². The van der Waals surface area contributed by atoms with Crippen molar-refractivity contribution in [3.8, 4) is 0 Å². The van der Waals surface area contributed by atoms with Gasteiger partial charge in [-0.15, -0.1) is 0 Å². The smallest absolute Gasteiger partial charge is 0.148 e. The highest BCUT2D eigenvalue weighted by molar-refractivity contribution is 5.41. The Kier molecular flexibility index (Phi) is 3.18. The largest absolute Gasteiger partial charge is 0.365 e. The number of hydrogen-bond donors (Lipinski definition) is 1. The molecule has 1 heterocycles. The predicted molar refractivity (Wildman–Crippen MR) is 71.2 cm³/mol. The van der Waals surface area contributed by atoms with E-state index in [9.17, 15) is 0 Å². The molecule has 0 aliphatic rings. The fourth-order valence-electron chi connectivity index (χ4n) is 2.18. The van der Waals surface area contributed by atoms with Crippen LogP contribution in [0.25, 0.3) is 0 Å². The van der Waals surface area contributed by atoms with Crippen LogP contribution in [0.4, 0.5) is 5.82 Å². The standard InChI is InChI=1S/C14H19N3/c1-10-7-11(2)13(12(3)8-10)9-15-14-5-6-17(4)16-14/h5-8H,9H2,1-4H3,(H,15,16). The van der Waals surface area contributed by atoms with Gasteiger partial charge in [0.1, 0.15) is 5.82 Å². The van der Waals surface area contributed by atoms with Gasteiger partial charge >= 0.3 is 0 Å². The highest BCUT2D eigenvalue weighted by Gasteiger charge is 2.04. The van der Waals surface area contributed by atoms with E-state index in [0.29, 0.717) is 0 Å². The Morgan fingerprint density at radius 1 is 1.18 bits per heavy atom. The summed E-state index contributed by atoms with van der Waals surface area (Å²) in [5.74, 6) is 0.923. The van der Waals surface area contributed by atoms with E-state index in [2.05, 4.69) is 43.3 Å². The first-order valence-electron chi connectivity index (χ1n) is 5.86. The normalized spacial score (nSPS) is 10.6. The van der Waals surface area contributed by atoms with Crippen LogP contribution in [0, 0.1) is 20.8 Å². The van der Waals surface area contributed by atoms with Crippen LogP contribution in [0.1, 0.15) is 22.3 Å². The van der Waals surface area contributed by atoms with E-state index in [1.54, 1.807) is 4.68 Å². The van der Waals surface area contributed by atoms with Gasteiger partial charge in [-0.25, -0.2) is 0 Å². The average molecular weight is 229 g/mol. The lowest BCUT2D eigenvalue weighted by atomic mass is 10.00. The van der Waals surface area contributed by atoms with Gasteiger partial charge in [-0.2, -0.15) is 5.10 Å². The third kappa shape index (κ3) is 2.67. The minimum atomic E-state index is 0.828. The summed E-state index contributed by atoms with van der Waals surface area (Å²) in [6, 6.07) is 6.43. The number of rotatable bonds is 3. The van der Waals surface area contributed by atoms with Gasteiger partial charge in [-0.1, -0.05) is 17.7 Å². The van der Waals surface area contributed by atoms with E-state index in [1.807, 2.05) is 19.3 Å². The van der Waals surface area contributed by atoms with Crippen molar-refractivity contribution in [2.45, 2.75) is 27.3 Å². The average Bonchev–Trinajstić information content (AvgIpc) is 2.62. The number of anilines is 1. The zero-order chi connectivity index (χ0) is 12.4. The molecule has 3 heteroatoms. The minimum absolute atomic E-state index is 0.828. The van der Waals surface area contributed by atoms with Crippen LogP contribution < -0.4 is 5.32 Å². The second-order valence-electron chi connectivity index (χ2n) is 4.61. The molecule has 0 saturated carbocycles. The summed E-state index contributed by atoms with van der Waals surface area (Å²) in [7, 11) is 1.92. The lowest BCUT2D eigenvalue weighted by Crippen LogP contribution is -2.05. The molecular formula is C14H19N3. The van der Waals surface area contributed by atoms with Crippen molar-refractivity contribution in [3.63, 3.8) is 0 Å². The van der Waals surface area contributed by atoms with Crippen LogP contribution >= 0.6 is 0 Å². The second-order valence-corrected chi connectivity index (χ2v) is 4.61. The third-order valence-electron chi connectivity index (χ3n) is 3.00. The molecule has 0 fully saturated rings. The van der Waals surface area contributed by atoms with E-state index < -0.39 is 0 Å². The van der Waals surface area contributed by atoms with Crippen molar-refractivity contribution in [2.24, 2.45) is 7.05 Å². The molecule has 90 valence electrons. The van der Waals surface area contributed by atoms with Gasteiger partial charge < -0.3 is 5.32 Å². The maximum Gasteiger partial charge on any atom is 0.148 e. The molecule has 0 amide bonds. The Morgan fingerprint density at radius 3 is 2.35 bits per heavy atom. The first-order chi connectivity index (χ1) is 8.06. The molecular weight excluding hydrogens is 210 g/mol. The van der Waals surface area contributed by atoms with Gasteiger partial charge in [-0.05, 0) is 37.5 Å². The van der Waals surface area contributed by atoms with Crippen LogP contribution in [0.2, 0.25) is 0 Å². The molecule has 0 bridgehead atoms. The molecule has 0 aliphatic heterocycles. The molecule has 0 radical (unpaired) electrons. The zero-order valence-electron chi connectivity index (χ0n) is 10.9. The van der Waals surface area contributed by atoms with Crippen LogP contribution in [0.15, 0.2) is 24.4 Å². The molecule has 0 unspecified atom stereocenters. The van der Waals surface area contributed by atoms with Crippen molar-refractivity contribution in [3.05, 3.63) is 46.6 Å². The first kappa shape index (κ1) is 11.7. The van der Waals surface area contributed by atoms with Crippen LogP contribution in [-0.2, 0) is 13.6 Å². The molecule has 1 aromatic heterocycles. The summed E-state index contributed by atoms with van der Waals surface area (Å²) in [5.41, 5.74) is 5.36. The number of benzene rings is 1. The molecule has 3 nitrogen and oxygen atoms in total. The molecule has 1 aromatic carbocycles. The summed E-state index contributed by atoms with van der Waals surface area (Å²) >= 11 is 0. The molecule has 0 spiro atoms. The van der Waals surface area contributed by atoms with Crippen molar-refractivity contribution >= 4 is 5.82 Å². The number of nitrogens with zero attached hydrogens (tertiary/aromatic N) is 2. The van der Waals surface area contributed by atoms with Crippen molar-refractivity contribution in [1.29, 1.82) is 0 Å². The van der Waals surface area contributed by atoms with Crippen LogP contribution in [0.5, 0.6) is 0 Å². The number of nitrogens with one attached hydrogen (secondary N) is 1. The van der Waals surface area contributed by atoms with Gasteiger partial charge in [-0.3, -0.25) is 4.68 Å². The van der Waals surface area contributed by atoms with E-state index >= 15 is 0 Å². The van der Waals surface area contributed by atoms with E-state index in [1.165, 1.54) is 22.3 Å². The summed E-state index contributed by atoms with van der Waals surface area (Å²) < 4.78 is 1.80. The summed E-state index contributed by atoms with van der Waals surface area (Å²) in [6.07, 6.45) is 1.94. The zero-order valence-corrected chi connectivity index (χ0v) is 10.9. The quantitative estimate of drug-likeness (QED) is 0.877. The van der Waals surface area contributed by atoms with Crippen LogP contribution in [-0.4, -0.2) is 9.78 Å². The van der Waals surface area contributed by atoms with Crippen molar-refractivity contribution in [2.75, 3.05) is 5.32 Å². The van der Waals surface area contributed by atoms with Gasteiger partial charge in [0.15, 0.2) is 0 Å². The lowest BCUT2D eigenvalue weighted by molar-refractivity contribution is 0.768. The second kappa shape index (κ2) is 4.62. The molecule has 2 rings (SSSR count). The van der Waals surface area contributed by atoms with Crippen molar-refractivity contribution < 1.29 is 0 Å². The Morgan fingerprint density at radius 2 is 1.82 bits per heavy atom. The molecule has 0 atom stereocenters. The maximum absolute atomic E-state index is 4.31. The Bertz CT molecular complexity index is 503. The topological polar surface area (TPSA) is 29.9 Å². The van der Waals surface area contributed by atoms with E-state index in [0.717, 1.165) is 12.4 Å². The highest BCUT2D eigenvalue weighted by atomic mass is 15.3. The Labute approximate surface area is 102 Å². The minimum Gasteiger partial charge on any atom is -0.365 e. The monoisotopic (exact) mass is 229 g/mol. The maximum atomic E-state index is 4.31. The first-order valence-corrected chi connectivity index (χ1v) is 5.86. The molecule has 1 N–H and O–H groups in total. The molecule has 17 heavy (non-hydrogen) atoms. The molecule has 0 aliphatic carbocycles. The van der Waals surface area contributed by atoms with E-state index in [4.69, 9.17) is 0 Å². The van der Waals surface area contributed by atoms with Gasteiger partial charge in [0.2, 0.25) is 0 Å². The van der Waals surface area contributed by atoms with Crippen LogP contribution in [0.3, 0.4) is 0 Å². The Balaban J connectivity index is 2.14. The molecule has 2 aromatic rings. The number of hydrogen-bond acceptors (Lipinski definition) is 2. The predicted octanol–water partition coefficient (Wildman–Crippen LogP) is 2.96. The number of aryl methyl sites for hydroxylation is 4. The lowest BCUT2D eigenvalue weighted by Gasteiger charge is -2.11. The summed E-state index contributed by atoms with van der Waals surface area (Å²) in [5, 5.41) is 7.66. The summed E-state index contributed by atoms with van der Waals surface area (Å²) in [6.45, 7) is 7.29. The van der Waals surface area contributed by atoms with Gasteiger partial charge in [0, 0.05) is 25.9 Å². The fourth-order valence-corrected chi connectivity index (χ4v) is 2.18. The Hall–Kier alpha value is -1.77.